The van der Waals surface area contributed by atoms with Gasteiger partial charge in [-0.2, -0.15) is 0 Å². The lowest BCUT2D eigenvalue weighted by Crippen LogP contribution is -2.41. The van der Waals surface area contributed by atoms with Gasteiger partial charge in [-0.25, -0.2) is 24.9 Å². The number of rotatable bonds is 9. The number of aromatic nitrogens is 10. The molecule has 0 saturated carbocycles. The third kappa shape index (κ3) is 20.5. The van der Waals surface area contributed by atoms with Crippen LogP contribution in [0.1, 0.15) is 138 Å². The van der Waals surface area contributed by atoms with Crippen LogP contribution in [0, 0.1) is 0 Å². The highest BCUT2D eigenvalue weighted by atomic mass is 36.0. The second-order valence-electron chi connectivity index (χ2n) is 26.7. The van der Waals surface area contributed by atoms with Crippen molar-refractivity contribution in [1.29, 1.82) is 0 Å². The van der Waals surface area contributed by atoms with E-state index in [1.54, 1.807) is 24.8 Å². The molecule has 100 heavy (non-hydrogen) atoms. The van der Waals surface area contributed by atoms with E-state index in [-0.39, 0.29) is 41.1 Å². The van der Waals surface area contributed by atoms with E-state index in [0.717, 1.165) is 118 Å². The Morgan fingerprint density at radius 2 is 0.890 bits per heavy atom. The number of carbonyl (C=O) groups excluding carboxylic acids is 2. The number of para-hydroxylation sites is 1. The van der Waals surface area contributed by atoms with E-state index < -0.39 is 12.3 Å². The summed E-state index contributed by atoms with van der Waals surface area (Å²) < 4.78 is 23.9. The zero-order chi connectivity index (χ0) is 72.1. The molecule has 8 aromatic rings. The van der Waals surface area contributed by atoms with Crippen molar-refractivity contribution in [3.63, 3.8) is 0 Å². The van der Waals surface area contributed by atoms with Crippen LogP contribution >= 0.6 is 85.3 Å². The van der Waals surface area contributed by atoms with E-state index in [0.29, 0.717) is 33.6 Å². The van der Waals surface area contributed by atoms with Crippen LogP contribution in [0.15, 0.2) is 104 Å². The molecule has 30 heteroatoms. The lowest BCUT2D eigenvalue weighted by molar-refractivity contribution is -0.118. The van der Waals surface area contributed by atoms with Crippen molar-refractivity contribution in [1.82, 2.24) is 54.7 Å². The Morgan fingerprint density at radius 3 is 1.32 bits per heavy atom. The van der Waals surface area contributed by atoms with Crippen LogP contribution in [0.3, 0.4) is 0 Å². The fourth-order valence-corrected chi connectivity index (χ4v) is 13.5. The van der Waals surface area contributed by atoms with Crippen LogP contribution in [0.5, 0.6) is 0 Å². The number of carbonyl (C=O) groups is 2. The average molecular weight is 1520 g/mol. The number of imidazole rings is 1. The van der Waals surface area contributed by atoms with Gasteiger partial charge in [-0.15, -0.1) is 0 Å². The van der Waals surface area contributed by atoms with Crippen molar-refractivity contribution < 1.29 is 23.5 Å². The van der Waals surface area contributed by atoms with Crippen LogP contribution in [-0.2, 0) is 36.3 Å². The molecule has 7 aliphatic rings. The van der Waals surface area contributed by atoms with E-state index in [4.69, 9.17) is 65.7 Å². The standard InChI is InChI=1S/C19H22N4O.C18H20ClN5.C17H24BNO3.C8H10ClN3.C4H2Cl2N2.C4H9N.Cl3OP/c1-13(2)23-17-7-5-6-14(15(17)10-19(23)24)16-11-20-12-18(21-16)22-8-3-4-9-22;1-12(2)24-15-7-5-6-13(17(15)22-18(24)19)14-10-20-11-16(21-14)23-8-3-4-9-23;1-11(2)19-14-9-7-8-13(12(14)10-15(19)20)18-21-16(3,4)17(5,6)22-18;9-7-5-10-6-8(11-7)12-3-1-2-4-12;5-3-1-7-2-4(6)8-3;1-2-4-5-3-1;1-5(2,3)4/h5-7,11-13H,3-4,8-10H2,1-2H3;5-7,10-12H,3-4,8-9H2,1-2H3;7-9,11H,10H2,1-6H3;5-6H,1-4H2;1-2H;5H,1-4H2;. The largest absolute Gasteiger partial charge is 0.495 e. The molecule has 21 nitrogen and oxygen atoms in total. The van der Waals surface area contributed by atoms with Gasteiger partial charge in [0.2, 0.25) is 17.1 Å². The highest BCUT2D eigenvalue weighted by molar-refractivity contribution is 8.24. The molecular formula is C70H87BCl7N16O5P. The Bertz CT molecular complexity index is 4080. The first kappa shape index (κ1) is 78.1. The van der Waals surface area contributed by atoms with E-state index in [2.05, 4.69) is 109 Å². The number of anilines is 5. The smallest absolute Gasteiger partial charge is 0.399 e. The van der Waals surface area contributed by atoms with Crippen LogP contribution < -0.4 is 35.3 Å². The molecule has 0 bridgehead atoms. The normalized spacial score (nSPS) is 17.2. The van der Waals surface area contributed by atoms with Gasteiger partial charge in [0.15, 0.2) is 0 Å². The fraction of sp³-hybridized carbons (Fsp3) is 0.471. The van der Waals surface area contributed by atoms with Gasteiger partial charge in [-0.05, 0) is 214 Å². The van der Waals surface area contributed by atoms with E-state index >= 15 is 0 Å². The maximum Gasteiger partial charge on any atom is 0.495 e. The summed E-state index contributed by atoms with van der Waals surface area (Å²) in [7, 11) is -0.417. The summed E-state index contributed by atoms with van der Waals surface area (Å²) in [6.45, 7) is 29.4. The molecule has 5 fully saturated rings. The summed E-state index contributed by atoms with van der Waals surface area (Å²) in [6, 6.07) is 18.8. The number of amides is 2. The monoisotopic (exact) mass is 1520 g/mol. The first-order chi connectivity index (χ1) is 47.6. The molecule has 7 aliphatic heterocycles. The molecule has 0 aliphatic carbocycles. The predicted molar refractivity (Wildman–Crippen MR) is 409 cm³/mol. The van der Waals surface area contributed by atoms with Crippen LogP contribution in [0.2, 0.25) is 20.7 Å². The Hall–Kier alpha value is -6.01. The van der Waals surface area contributed by atoms with E-state index in [1.165, 1.54) is 76.8 Å². The summed E-state index contributed by atoms with van der Waals surface area (Å²) in [5.74, 6) is 3.09. The number of fused-ring (bicyclic) bond motifs is 3. The lowest BCUT2D eigenvalue weighted by atomic mass is 9.75. The van der Waals surface area contributed by atoms with Gasteiger partial charge in [0.05, 0.1) is 96.0 Å². The second-order valence-corrected chi connectivity index (χ2v) is 34.8. The zero-order valence-corrected chi connectivity index (χ0v) is 64.4. The van der Waals surface area contributed by atoms with E-state index in [9.17, 15) is 14.2 Å². The molecule has 534 valence electrons. The van der Waals surface area contributed by atoms with Gasteiger partial charge in [-0.1, -0.05) is 71.2 Å². The van der Waals surface area contributed by atoms with Crippen molar-refractivity contribution in [3.8, 4) is 22.5 Å². The summed E-state index contributed by atoms with van der Waals surface area (Å²) in [5, 5.41) is 1.62. The van der Waals surface area contributed by atoms with Crippen LogP contribution in [0.25, 0.3) is 33.5 Å². The third-order valence-corrected chi connectivity index (χ3v) is 18.8. The van der Waals surface area contributed by atoms with Crippen molar-refractivity contribution >= 4 is 150 Å². The van der Waals surface area contributed by atoms with Crippen molar-refractivity contribution in [3.05, 3.63) is 136 Å². The van der Waals surface area contributed by atoms with Gasteiger partial charge in [0, 0.05) is 79.9 Å². The molecule has 0 unspecified atom stereocenters. The van der Waals surface area contributed by atoms with Gasteiger partial charge < -0.3 is 43.7 Å². The van der Waals surface area contributed by atoms with Crippen LogP contribution in [0.4, 0.5) is 28.8 Å². The summed E-state index contributed by atoms with van der Waals surface area (Å²) >= 11 is 36.7. The minimum absolute atomic E-state index is 0.147. The lowest BCUT2D eigenvalue weighted by Gasteiger charge is -2.32. The second kappa shape index (κ2) is 35.5. The van der Waals surface area contributed by atoms with Gasteiger partial charge in [0.25, 0.3) is 0 Å². The number of nitrogens with one attached hydrogen (secondary N) is 1. The maximum atomic E-state index is 12.4. The zero-order valence-electron chi connectivity index (χ0n) is 58.2. The number of benzene rings is 3. The Kier molecular flexibility index (Phi) is 27.7. The summed E-state index contributed by atoms with van der Waals surface area (Å²) in [6.07, 6.45) is 24.4. The first-order valence-electron chi connectivity index (χ1n) is 33.9. The fourth-order valence-electron chi connectivity index (χ4n) is 12.6. The van der Waals surface area contributed by atoms with Gasteiger partial charge in [-0.3, -0.25) is 34.1 Å². The molecule has 0 radical (unpaired) electrons. The summed E-state index contributed by atoms with van der Waals surface area (Å²) in [4.78, 5) is 73.8. The van der Waals surface area contributed by atoms with Crippen molar-refractivity contribution in [2.75, 3.05) is 76.9 Å². The molecule has 5 saturated heterocycles. The predicted octanol–water partition coefficient (Wildman–Crippen LogP) is 16.3. The molecule has 1 N–H and O–H groups in total. The topological polar surface area (TPSA) is 219 Å². The minimum Gasteiger partial charge on any atom is -0.399 e. The molecule has 12 heterocycles. The van der Waals surface area contributed by atoms with Gasteiger partial charge >= 0.3 is 12.3 Å². The highest BCUT2D eigenvalue weighted by Gasteiger charge is 2.53. The molecule has 15 rings (SSSR count). The Morgan fingerprint density at radius 1 is 0.490 bits per heavy atom. The third-order valence-electron chi connectivity index (χ3n) is 18.0. The number of nitrogens with zero attached hydrogens (tertiary/aromatic N) is 15. The molecule has 3 aromatic carbocycles. The first-order valence-corrected chi connectivity index (χ1v) is 39.8. The Balaban J connectivity index is 0.000000146. The highest BCUT2D eigenvalue weighted by Crippen LogP contribution is 2.61. The summed E-state index contributed by atoms with van der Waals surface area (Å²) in [5.41, 5.74) is 9.96. The van der Waals surface area contributed by atoms with Crippen molar-refractivity contribution in [2.24, 2.45) is 0 Å². The Labute approximate surface area is 621 Å². The van der Waals surface area contributed by atoms with E-state index in [1.807, 2.05) is 131 Å². The minimum atomic E-state index is -3.22. The average Bonchev–Trinajstić information content (AvgIpc) is 1.61. The SMILES string of the molecule is C1CCNC1.CC(C)N1C(=O)Cc2c(-c3cncc(N4CCCC4)n3)cccc21.CC(C)N1C(=O)Cc2c(B3OC(C)(C)C(C)(C)O3)cccc21.CC(C)n1c(Cl)nc2c(-c3cncc(N4CCCC4)n3)cccc21.Clc1cncc(Cl)n1.Clc1cncc(N2CCCC2)n1.O=P(Cl)(Cl)Cl. The number of hydrogen-bond donors (Lipinski definition) is 1. The van der Waals surface area contributed by atoms with Crippen molar-refractivity contribution in [2.45, 2.75) is 163 Å². The molecule has 0 atom stereocenters. The quantitative estimate of drug-likeness (QED) is 0.105. The molecule has 0 spiro atoms. The van der Waals surface area contributed by atoms with Gasteiger partial charge in [0.1, 0.15) is 32.9 Å². The number of hydrogen-bond acceptors (Lipinski definition) is 18. The molecule has 2 amide bonds. The molecular weight excluding hydrogens is 1430 g/mol. The number of halogens is 7. The molecule has 5 aromatic heterocycles. The maximum absolute atomic E-state index is 12.4. The van der Waals surface area contributed by atoms with Crippen LogP contribution in [-0.4, -0.2) is 144 Å².